The molecule has 0 amide bonds. The molecule has 0 fully saturated rings. The predicted molar refractivity (Wildman–Crippen MR) is 66.6 cm³/mol. The Morgan fingerprint density at radius 2 is 1.71 bits per heavy atom. The number of benzene rings is 1. The molecule has 0 bridgehead atoms. The highest BCUT2D eigenvalue weighted by Gasteiger charge is 2.05. The van der Waals surface area contributed by atoms with Crippen molar-refractivity contribution in [1.29, 1.82) is 0 Å². The number of rotatable bonds is 1. The van der Waals surface area contributed by atoms with E-state index in [4.69, 9.17) is 0 Å². The van der Waals surface area contributed by atoms with Gasteiger partial charge in [-0.3, -0.25) is 4.98 Å². The van der Waals surface area contributed by atoms with Crippen LogP contribution in [0.2, 0.25) is 0 Å². The molecule has 2 aromatic heterocycles. The van der Waals surface area contributed by atoms with E-state index in [1.807, 2.05) is 36.4 Å². The molecular formula is C14H10N2O. The van der Waals surface area contributed by atoms with Gasteiger partial charge < -0.3 is 5.11 Å². The Balaban J connectivity index is 2.22. The number of para-hydroxylation sites is 1. The fourth-order valence-electron chi connectivity index (χ4n) is 1.80. The summed E-state index contributed by atoms with van der Waals surface area (Å²) in [5.74, 6) is 0.239. The van der Waals surface area contributed by atoms with Crippen LogP contribution in [0.4, 0.5) is 0 Å². The lowest BCUT2D eigenvalue weighted by atomic mass is 10.1. The third-order valence-electron chi connectivity index (χ3n) is 2.64. The SMILES string of the molecule is Oc1ccccc1-c1ccc2ncccc2n1. The molecule has 82 valence electrons. The second-order valence-electron chi connectivity index (χ2n) is 3.76. The number of aromatic hydroxyl groups is 1. The van der Waals surface area contributed by atoms with Gasteiger partial charge in [0.2, 0.25) is 0 Å². The number of hydrogen-bond acceptors (Lipinski definition) is 3. The summed E-state index contributed by atoms with van der Waals surface area (Å²) in [5, 5.41) is 9.78. The van der Waals surface area contributed by atoms with Gasteiger partial charge in [-0.1, -0.05) is 12.1 Å². The molecule has 3 rings (SSSR count). The number of fused-ring (bicyclic) bond motifs is 1. The minimum atomic E-state index is 0.239. The van der Waals surface area contributed by atoms with E-state index < -0.39 is 0 Å². The summed E-state index contributed by atoms with van der Waals surface area (Å²) in [6, 6.07) is 14.7. The lowest BCUT2D eigenvalue weighted by Gasteiger charge is -2.04. The number of pyridine rings is 2. The van der Waals surface area contributed by atoms with E-state index in [0.717, 1.165) is 22.3 Å². The third kappa shape index (κ3) is 1.72. The van der Waals surface area contributed by atoms with Crippen LogP contribution in [0, 0.1) is 0 Å². The van der Waals surface area contributed by atoms with Crippen LogP contribution < -0.4 is 0 Å². The number of nitrogens with zero attached hydrogens (tertiary/aromatic N) is 2. The largest absolute Gasteiger partial charge is 0.507 e. The van der Waals surface area contributed by atoms with Crippen LogP contribution in [0.15, 0.2) is 54.7 Å². The van der Waals surface area contributed by atoms with Gasteiger partial charge in [0.25, 0.3) is 0 Å². The number of hydrogen-bond donors (Lipinski definition) is 1. The molecule has 3 heteroatoms. The molecule has 1 aromatic carbocycles. The zero-order chi connectivity index (χ0) is 11.7. The first kappa shape index (κ1) is 9.78. The molecule has 2 heterocycles. The second kappa shape index (κ2) is 3.87. The molecule has 0 radical (unpaired) electrons. The van der Waals surface area contributed by atoms with E-state index >= 15 is 0 Å². The molecule has 0 saturated heterocycles. The van der Waals surface area contributed by atoms with Crippen LogP contribution in [0.3, 0.4) is 0 Å². The molecule has 1 N–H and O–H groups in total. The first-order valence-electron chi connectivity index (χ1n) is 5.35. The average molecular weight is 222 g/mol. The summed E-state index contributed by atoms with van der Waals surface area (Å²) < 4.78 is 0. The molecule has 0 unspecified atom stereocenters. The zero-order valence-electron chi connectivity index (χ0n) is 9.04. The highest BCUT2D eigenvalue weighted by Crippen LogP contribution is 2.27. The minimum absolute atomic E-state index is 0.239. The summed E-state index contributed by atoms with van der Waals surface area (Å²) in [7, 11) is 0. The third-order valence-corrected chi connectivity index (χ3v) is 2.64. The molecule has 0 aliphatic heterocycles. The Labute approximate surface area is 98.4 Å². The second-order valence-corrected chi connectivity index (χ2v) is 3.76. The van der Waals surface area contributed by atoms with Crippen LogP contribution in [0.5, 0.6) is 5.75 Å². The molecule has 0 atom stereocenters. The maximum absolute atomic E-state index is 9.78. The molecule has 3 nitrogen and oxygen atoms in total. The van der Waals surface area contributed by atoms with Crippen molar-refractivity contribution in [3.63, 3.8) is 0 Å². The fourth-order valence-corrected chi connectivity index (χ4v) is 1.80. The number of phenolic OH excluding ortho intramolecular Hbond substituents is 1. The van der Waals surface area contributed by atoms with Crippen molar-refractivity contribution in [2.75, 3.05) is 0 Å². The molecule has 0 saturated carbocycles. The van der Waals surface area contributed by atoms with Gasteiger partial charge in [0.1, 0.15) is 5.75 Å². The topological polar surface area (TPSA) is 46.0 Å². The smallest absolute Gasteiger partial charge is 0.124 e. The normalized spacial score (nSPS) is 10.6. The zero-order valence-corrected chi connectivity index (χ0v) is 9.04. The Hall–Kier alpha value is -2.42. The van der Waals surface area contributed by atoms with E-state index in [9.17, 15) is 5.11 Å². The van der Waals surface area contributed by atoms with Gasteiger partial charge in [0.05, 0.1) is 16.7 Å². The highest BCUT2D eigenvalue weighted by molar-refractivity contribution is 5.79. The van der Waals surface area contributed by atoms with E-state index in [-0.39, 0.29) is 5.75 Å². The molecule has 0 spiro atoms. The van der Waals surface area contributed by atoms with Crippen molar-refractivity contribution in [1.82, 2.24) is 9.97 Å². The van der Waals surface area contributed by atoms with Crippen molar-refractivity contribution in [2.24, 2.45) is 0 Å². The van der Waals surface area contributed by atoms with Crippen LogP contribution in [0.25, 0.3) is 22.3 Å². The van der Waals surface area contributed by atoms with Crippen LogP contribution in [-0.2, 0) is 0 Å². The average Bonchev–Trinajstić information content (AvgIpc) is 2.39. The van der Waals surface area contributed by atoms with Crippen molar-refractivity contribution in [3.05, 3.63) is 54.7 Å². The van der Waals surface area contributed by atoms with Gasteiger partial charge in [0.15, 0.2) is 0 Å². The van der Waals surface area contributed by atoms with E-state index in [1.54, 1.807) is 18.3 Å². The van der Waals surface area contributed by atoms with Gasteiger partial charge in [-0.25, -0.2) is 4.98 Å². The van der Waals surface area contributed by atoms with Crippen molar-refractivity contribution < 1.29 is 5.11 Å². The maximum Gasteiger partial charge on any atom is 0.124 e. The maximum atomic E-state index is 9.78. The Kier molecular flexibility index (Phi) is 2.22. The van der Waals surface area contributed by atoms with Gasteiger partial charge in [-0.15, -0.1) is 0 Å². The van der Waals surface area contributed by atoms with Gasteiger partial charge in [0, 0.05) is 11.8 Å². The van der Waals surface area contributed by atoms with Crippen LogP contribution >= 0.6 is 0 Å². The fraction of sp³-hybridized carbons (Fsp3) is 0. The molecule has 3 aromatic rings. The highest BCUT2D eigenvalue weighted by atomic mass is 16.3. The molecule has 0 aliphatic rings. The number of phenols is 1. The van der Waals surface area contributed by atoms with Crippen molar-refractivity contribution in [2.45, 2.75) is 0 Å². The molecular weight excluding hydrogens is 212 g/mol. The van der Waals surface area contributed by atoms with Crippen molar-refractivity contribution >= 4 is 11.0 Å². The Bertz CT molecular complexity index is 680. The van der Waals surface area contributed by atoms with Gasteiger partial charge >= 0.3 is 0 Å². The van der Waals surface area contributed by atoms with Gasteiger partial charge in [-0.2, -0.15) is 0 Å². The summed E-state index contributed by atoms with van der Waals surface area (Å²) >= 11 is 0. The monoisotopic (exact) mass is 222 g/mol. The standard InChI is InChI=1S/C14H10N2O/c17-14-6-2-1-4-10(14)11-7-8-12-13(16-11)5-3-9-15-12/h1-9,17H. The predicted octanol–water partition coefficient (Wildman–Crippen LogP) is 3.00. The lowest BCUT2D eigenvalue weighted by Crippen LogP contribution is -1.87. The number of aromatic nitrogens is 2. The molecule has 0 aliphatic carbocycles. The first-order chi connectivity index (χ1) is 8.34. The lowest BCUT2D eigenvalue weighted by molar-refractivity contribution is 0.477. The minimum Gasteiger partial charge on any atom is -0.507 e. The quantitative estimate of drug-likeness (QED) is 0.688. The van der Waals surface area contributed by atoms with Crippen molar-refractivity contribution in [3.8, 4) is 17.0 Å². The van der Waals surface area contributed by atoms with Gasteiger partial charge in [-0.05, 0) is 36.4 Å². The summed E-state index contributed by atoms with van der Waals surface area (Å²) in [4.78, 5) is 8.70. The Morgan fingerprint density at radius 3 is 2.59 bits per heavy atom. The first-order valence-corrected chi connectivity index (χ1v) is 5.35. The Morgan fingerprint density at radius 1 is 0.824 bits per heavy atom. The molecule has 17 heavy (non-hydrogen) atoms. The van der Waals surface area contributed by atoms with E-state index in [1.165, 1.54) is 0 Å². The summed E-state index contributed by atoms with van der Waals surface area (Å²) in [6.45, 7) is 0. The summed E-state index contributed by atoms with van der Waals surface area (Å²) in [5.41, 5.74) is 3.17. The van der Waals surface area contributed by atoms with Crippen LogP contribution in [0.1, 0.15) is 0 Å². The van der Waals surface area contributed by atoms with E-state index in [2.05, 4.69) is 9.97 Å². The van der Waals surface area contributed by atoms with E-state index in [0.29, 0.717) is 0 Å². The van der Waals surface area contributed by atoms with Crippen LogP contribution in [-0.4, -0.2) is 15.1 Å². The summed E-state index contributed by atoms with van der Waals surface area (Å²) in [6.07, 6.45) is 1.74.